The van der Waals surface area contributed by atoms with Gasteiger partial charge in [0, 0.05) is 25.5 Å². The van der Waals surface area contributed by atoms with Gasteiger partial charge in [-0.3, -0.25) is 9.78 Å². The van der Waals surface area contributed by atoms with Crippen LogP contribution < -0.4 is 0 Å². The Balaban J connectivity index is 2.08. The quantitative estimate of drug-likeness (QED) is 0.763. The van der Waals surface area contributed by atoms with Gasteiger partial charge in [0.2, 0.25) is 0 Å². The molecule has 0 radical (unpaired) electrons. The Hall–Kier alpha value is -1.38. The first kappa shape index (κ1) is 13.1. The van der Waals surface area contributed by atoms with Crippen LogP contribution in [0.25, 0.3) is 0 Å². The molecule has 0 aromatic carbocycles. The number of nitrogens with zero attached hydrogens (tertiary/aromatic N) is 2. The Bertz CT molecular complexity index is 408. The number of likely N-dealkylation sites (tertiary alicyclic amines) is 1. The molecule has 0 bridgehead atoms. The number of aromatic nitrogens is 1. The first-order valence-corrected chi connectivity index (χ1v) is 6.68. The lowest BCUT2D eigenvalue weighted by Crippen LogP contribution is -2.43. The van der Waals surface area contributed by atoms with E-state index in [1.165, 1.54) is 6.42 Å². The van der Waals surface area contributed by atoms with Crippen molar-refractivity contribution in [3.05, 3.63) is 30.1 Å². The average Bonchev–Trinajstić information content (AvgIpc) is 2.38. The fraction of sp³-hybridized carbons (Fsp3) is 0.600. The third kappa shape index (κ3) is 2.89. The smallest absolute Gasteiger partial charge is 0.255 e. The van der Waals surface area contributed by atoms with Crippen molar-refractivity contribution in [3.8, 4) is 0 Å². The van der Waals surface area contributed by atoms with Crippen molar-refractivity contribution in [2.45, 2.75) is 33.6 Å². The van der Waals surface area contributed by atoms with E-state index < -0.39 is 0 Å². The maximum absolute atomic E-state index is 12.4. The summed E-state index contributed by atoms with van der Waals surface area (Å²) in [6.45, 7) is 8.53. The van der Waals surface area contributed by atoms with Crippen molar-refractivity contribution in [1.29, 1.82) is 0 Å². The molecule has 0 spiro atoms. The van der Waals surface area contributed by atoms with E-state index in [9.17, 15) is 4.79 Å². The van der Waals surface area contributed by atoms with Gasteiger partial charge in [-0.2, -0.15) is 0 Å². The molecule has 0 aliphatic carbocycles. The molecule has 2 heterocycles. The number of hydrogen-bond donors (Lipinski definition) is 0. The summed E-state index contributed by atoms with van der Waals surface area (Å²) in [5.41, 5.74) is 0.973. The van der Waals surface area contributed by atoms with E-state index in [1.54, 1.807) is 12.4 Å². The fourth-order valence-corrected chi connectivity index (χ4v) is 2.54. The predicted molar refractivity (Wildman–Crippen MR) is 72.3 cm³/mol. The van der Waals surface area contributed by atoms with Crippen LogP contribution in [0.5, 0.6) is 0 Å². The number of piperidine rings is 1. The summed E-state index contributed by atoms with van der Waals surface area (Å²) in [5, 5.41) is 0. The standard InChI is InChI=1S/C15H22N2O/c1-15(2,3)13-7-5-9-17(11-13)14(18)12-6-4-8-16-10-12/h4,6,8,10,13H,5,7,9,11H2,1-3H3. The van der Waals surface area contributed by atoms with Crippen LogP contribution in [-0.2, 0) is 0 Å². The van der Waals surface area contributed by atoms with E-state index in [0.717, 1.165) is 19.5 Å². The lowest BCUT2D eigenvalue weighted by Gasteiger charge is -2.39. The van der Waals surface area contributed by atoms with Gasteiger partial charge in [-0.25, -0.2) is 0 Å². The van der Waals surface area contributed by atoms with E-state index in [1.807, 2.05) is 17.0 Å². The maximum Gasteiger partial charge on any atom is 0.255 e. The van der Waals surface area contributed by atoms with E-state index in [-0.39, 0.29) is 11.3 Å². The first-order chi connectivity index (χ1) is 8.48. The van der Waals surface area contributed by atoms with Gasteiger partial charge in [0.05, 0.1) is 5.56 Å². The molecule has 98 valence electrons. The molecule has 0 N–H and O–H groups in total. The van der Waals surface area contributed by atoms with E-state index >= 15 is 0 Å². The number of hydrogen-bond acceptors (Lipinski definition) is 2. The van der Waals surface area contributed by atoms with Crippen molar-refractivity contribution < 1.29 is 4.79 Å². The minimum absolute atomic E-state index is 0.122. The van der Waals surface area contributed by atoms with Gasteiger partial charge in [-0.1, -0.05) is 20.8 Å². The molecular formula is C15H22N2O. The van der Waals surface area contributed by atoms with Gasteiger partial charge in [0.15, 0.2) is 0 Å². The molecule has 1 atom stereocenters. The van der Waals surface area contributed by atoms with E-state index in [2.05, 4.69) is 25.8 Å². The van der Waals surface area contributed by atoms with Crippen LogP contribution in [0.3, 0.4) is 0 Å². The summed E-state index contributed by atoms with van der Waals surface area (Å²) >= 11 is 0. The molecule has 1 amide bonds. The summed E-state index contributed by atoms with van der Waals surface area (Å²) in [7, 11) is 0. The van der Waals surface area contributed by atoms with Crippen LogP contribution >= 0.6 is 0 Å². The van der Waals surface area contributed by atoms with Gasteiger partial charge >= 0.3 is 0 Å². The highest BCUT2D eigenvalue weighted by atomic mass is 16.2. The lowest BCUT2D eigenvalue weighted by molar-refractivity contribution is 0.0562. The molecule has 18 heavy (non-hydrogen) atoms. The second-order valence-electron chi connectivity index (χ2n) is 6.20. The van der Waals surface area contributed by atoms with Crippen LogP contribution in [-0.4, -0.2) is 28.9 Å². The predicted octanol–water partition coefficient (Wildman–Crippen LogP) is 2.98. The molecule has 0 saturated carbocycles. The number of carbonyl (C=O) groups excluding carboxylic acids is 1. The molecular weight excluding hydrogens is 224 g/mol. The third-order valence-corrected chi connectivity index (χ3v) is 3.84. The Morgan fingerprint density at radius 3 is 2.83 bits per heavy atom. The van der Waals surface area contributed by atoms with Crippen molar-refractivity contribution in [2.24, 2.45) is 11.3 Å². The minimum atomic E-state index is 0.122. The molecule has 1 saturated heterocycles. The summed E-state index contributed by atoms with van der Waals surface area (Å²) in [6, 6.07) is 3.66. The molecule has 1 aromatic rings. The van der Waals surface area contributed by atoms with E-state index in [4.69, 9.17) is 0 Å². The Morgan fingerprint density at radius 1 is 1.44 bits per heavy atom. The van der Waals surface area contributed by atoms with Gasteiger partial charge in [0.25, 0.3) is 5.91 Å². The SMILES string of the molecule is CC(C)(C)C1CCCN(C(=O)c2cccnc2)C1. The first-order valence-electron chi connectivity index (χ1n) is 6.68. The molecule has 3 heteroatoms. The zero-order valence-electron chi connectivity index (χ0n) is 11.5. The zero-order valence-corrected chi connectivity index (χ0v) is 11.5. The highest BCUT2D eigenvalue weighted by Gasteiger charge is 2.31. The van der Waals surface area contributed by atoms with Crippen LogP contribution in [0.15, 0.2) is 24.5 Å². The van der Waals surface area contributed by atoms with Crippen LogP contribution in [0.2, 0.25) is 0 Å². The van der Waals surface area contributed by atoms with E-state index in [0.29, 0.717) is 11.5 Å². The Kier molecular flexibility index (Phi) is 3.69. The Morgan fingerprint density at radius 2 is 2.22 bits per heavy atom. The number of rotatable bonds is 1. The minimum Gasteiger partial charge on any atom is -0.338 e. The van der Waals surface area contributed by atoms with Crippen molar-refractivity contribution in [2.75, 3.05) is 13.1 Å². The second-order valence-corrected chi connectivity index (χ2v) is 6.20. The molecule has 3 nitrogen and oxygen atoms in total. The molecule has 2 rings (SSSR count). The highest BCUT2D eigenvalue weighted by molar-refractivity contribution is 5.93. The number of amides is 1. The number of pyridine rings is 1. The fourth-order valence-electron chi connectivity index (χ4n) is 2.54. The molecule has 1 aliphatic rings. The van der Waals surface area contributed by atoms with Crippen LogP contribution in [0, 0.1) is 11.3 Å². The summed E-state index contributed by atoms with van der Waals surface area (Å²) < 4.78 is 0. The largest absolute Gasteiger partial charge is 0.338 e. The van der Waals surface area contributed by atoms with Gasteiger partial charge in [0.1, 0.15) is 0 Å². The molecule has 1 aromatic heterocycles. The maximum atomic E-state index is 12.4. The monoisotopic (exact) mass is 246 g/mol. The summed E-state index contributed by atoms with van der Waals surface area (Å²) in [5.74, 6) is 0.712. The molecule has 1 fully saturated rings. The van der Waals surface area contributed by atoms with Crippen molar-refractivity contribution in [1.82, 2.24) is 9.88 Å². The van der Waals surface area contributed by atoms with Crippen molar-refractivity contribution in [3.63, 3.8) is 0 Å². The zero-order chi connectivity index (χ0) is 13.2. The molecule has 1 aliphatic heterocycles. The summed E-state index contributed by atoms with van der Waals surface area (Å²) in [4.78, 5) is 18.4. The average molecular weight is 246 g/mol. The number of carbonyl (C=O) groups is 1. The van der Waals surface area contributed by atoms with Gasteiger partial charge < -0.3 is 4.90 Å². The third-order valence-electron chi connectivity index (χ3n) is 3.84. The second kappa shape index (κ2) is 5.09. The summed E-state index contributed by atoms with van der Waals surface area (Å²) in [6.07, 6.45) is 5.68. The van der Waals surface area contributed by atoms with Crippen LogP contribution in [0.4, 0.5) is 0 Å². The molecule has 1 unspecified atom stereocenters. The van der Waals surface area contributed by atoms with Crippen molar-refractivity contribution >= 4 is 5.91 Å². The topological polar surface area (TPSA) is 33.2 Å². The lowest BCUT2D eigenvalue weighted by atomic mass is 9.76. The normalized spacial score (nSPS) is 20.8. The Labute approximate surface area is 109 Å². The van der Waals surface area contributed by atoms with Gasteiger partial charge in [-0.15, -0.1) is 0 Å². The van der Waals surface area contributed by atoms with Crippen LogP contribution in [0.1, 0.15) is 44.0 Å². The highest BCUT2D eigenvalue weighted by Crippen LogP contribution is 2.33. The van der Waals surface area contributed by atoms with Gasteiger partial charge in [-0.05, 0) is 36.3 Å².